The van der Waals surface area contributed by atoms with Crippen molar-refractivity contribution in [2.45, 2.75) is 51.7 Å². The van der Waals surface area contributed by atoms with Gasteiger partial charge >= 0.3 is 0 Å². The lowest BCUT2D eigenvalue weighted by Crippen LogP contribution is -2.40. The molecule has 0 saturated carbocycles. The highest BCUT2D eigenvalue weighted by atomic mass is 16.5. The molecule has 0 spiro atoms. The maximum atomic E-state index is 13.3. The number of hydrogen-bond donors (Lipinski definition) is 0. The van der Waals surface area contributed by atoms with Gasteiger partial charge < -0.3 is 19.3 Å². The van der Waals surface area contributed by atoms with Gasteiger partial charge in [0.05, 0.1) is 7.11 Å². The number of ether oxygens (including phenoxy) is 2. The molecule has 37 heavy (non-hydrogen) atoms. The van der Waals surface area contributed by atoms with Gasteiger partial charge in [0, 0.05) is 26.1 Å². The lowest BCUT2D eigenvalue weighted by Gasteiger charge is -2.30. The Kier molecular flexibility index (Phi) is 10.4. The Morgan fingerprint density at radius 3 is 2.24 bits per heavy atom. The van der Waals surface area contributed by atoms with Crippen LogP contribution >= 0.6 is 0 Å². The molecule has 1 saturated heterocycles. The van der Waals surface area contributed by atoms with Gasteiger partial charge in [-0.2, -0.15) is 0 Å². The molecule has 0 atom stereocenters. The third kappa shape index (κ3) is 8.64. The van der Waals surface area contributed by atoms with Gasteiger partial charge in [-0.25, -0.2) is 0 Å². The molecule has 0 unspecified atom stereocenters. The summed E-state index contributed by atoms with van der Waals surface area (Å²) < 4.78 is 11.7. The highest BCUT2D eigenvalue weighted by Crippen LogP contribution is 2.29. The number of aryl methyl sites for hydroxylation is 1. The molecular weight excluding hydrogens is 460 g/mol. The SMILES string of the molecule is COc1cc(CN(CCN2CCCCC2)C(=O)CCCc2ccccc2)ccc1OCc1ccccc1. The predicted molar refractivity (Wildman–Crippen MR) is 149 cm³/mol. The molecule has 1 aliphatic rings. The minimum atomic E-state index is 0.219. The average Bonchev–Trinajstić information content (AvgIpc) is 2.96. The third-order valence-electron chi connectivity index (χ3n) is 7.03. The normalized spacial score (nSPS) is 13.8. The molecular formula is C32H40N2O3. The van der Waals surface area contributed by atoms with E-state index in [0.717, 1.165) is 50.1 Å². The van der Waals surface area contributed by atoms with Crippen LogP contribution in [0.25, 0.3) is 0 Å². The van der Waals surface area contributed by atoms with Gasteiger partial charge in [0.25, 0.3) is 0 Å². The van der Waals surface area contributed by atoms with Crippen LogP contribution in [0.4, 0.5) is 0 Å². The van der Waals surface area contributed by atoms with Crippen LogP contribution in [0, 0.1) is 0 Å². The van der Waals surface area contributed by atoms with E-state index in [1.54, 1.807) is 7.11 Å². The summed E-state index contributed by atoms with van der Waals surface area (Å²) in [7, 11) is 1.66. The molecule has 3 aromatic rings. The largest absolute Gasteiger partial charge is 0.493 e. The molecule has 5 heteroatoms. The Morgan fingerprint density at radius 1 is 0.838 bits per heavy atom. The van der Waals surface area contributed by atoms with Crippen molar-refractivity contribution in [3.8, 4) is 11.5 Å². The van der Waals surface area contributed by atoms with Crippen molar-refractivity contribution < 1.29 is 14.3 Å². The number of benzene rings is 3. The van der Waals surface area contributed by atoms with Crippen molar-refractivity contribution in [2.24, 2.45) is 0 Å². The molecule has 0 bridgehead atoms. The first-order chi connectivity index (χ1) is 18.2. The topological polar surface area (TPSA) is 42.0 Å². The van der Waals surface area contributed by atoms with Crippen molar-refractivity contribution in [3.63, 3.8) is 0 Å². The van der Waals surface area contributed by atoms with E-state index in [0.29, 0.717) is 31.1 Å². The molecule has 1 amide bonds. The van der Waals surface area contributed by atoms with E-state index >= 15 is 0 Å². The molecule has 196 valence electrons. The molecule has 5 nitrogen and oxygen atoms in total. The predicted octanol–water partition coefficient (Wildman–Crippen LogP) is 6.11. The fraction of sp³-hybridized carbons (Fsp3) is 0.406. The van der Waals surface area contributed by atoms with Crippen molar-refractivity contribution >= 4 is 5.91 Å². The summed E-state index contributed by atoms with van der Waals surface area (Å²) in [6, 6.07) is 26.5. The van der Waals surface area contributed by atoms with Gasteiger partial charge in [0.2, 0.25) is 5.91 Å². The molecule has 0 aliphatic carbocycles. The van der Waals surface area contributed by atoms with Crippen LogP contribution < -0.4 is 9.47 Å². The fourth-order valence-corrected chi connectivity index (χ4v) is 4.87. The number of methoxy groups -OCH3 is 1. The summed E-state index contributed by atoms with van der Waals surface area (Å²) >= 11 is 0. The zero-order valence-corrected chi connectivity index (χ0v) is 22.1. The Bertz CT molecular complexity index is 1080. The molecule has 1 fully saturated rings. The fourth-order valence-electron chi connectivity index (χ4n) is 4.87. The van der Waals surface area contributed by atoms with Crippen LogP contribution in [0.3, 0.4) is 0 Å². The lowest BCUT2D eigenvalue weighted by molar-refractivity contribution is -0.132. The van der Waals surface area contributed by atoms with E-state index in [-0.39, 0.29) is 5.91 Å². The second kappa shape index (κ2) is 14.4. The van der Waals surface area contributed by atoms with Crippen LogP contribution in [0.1, 0.15) is 48.8 Å². The van der Waals surface area contributed by atoms with E-state index in [4.69, 9.17) is 9.47 Å². The van der Waals surface area contributed by atoms with E-state index in [1.165, 1.54) is 24.8 Å². The zero-order chi connectivity index (χ0) is 25.7. The quantitative estimate of drug-likeness (QED) is 0.284. The van der Waals surface area contributed by atoms with Gasteiger partial charge in [-0.3, -0.25) is 4.79 Å². The van der Waals surface area contributed by atoms with Gasteiger partial charge in [-0.15, -0.1) is 0 Å². The lowest BCUT2D eigenvalue weighted by atomic mass is 10.1. The number of nitrogens with zero attached hydrogens (tertiary/aromatic N) is 2. The van der Waals surface area contributed by atoms with E-state index in [1.807, 2.05) is 59.5 Å². The Morgan fingerprint density at radius 2 is 1.54 bits per heavy atom. The Hall–Kier alpha value is -3.31. The maximum absolute atomic E-state index is 13.3. The summed E-state index contributed by atoms with van der Waals surface area (Å²) in [5.74, 6) is 1.63. The van der Waals surface area contributed by atoms with Crippen molar-refractivity contribution in [3.05, 3.63) is 95.6 Å². The van der Waals surface area contributed by atoms with Gasteiger partial charge in [-0.05, 0) is 67.6 Å². The molecule has 0 radical (unpaired) electrons. The molecule has 0 aromatic heterocycles. The highest BCUT2D eigenvalue weighted by molar-refractivity contribution is 5.76. The van der Waals surface area contributed by atoms with Crippen LogP contribution in [0.5, 0.6) is 11.5 Å². The second-order valence-electron chi connectivity index (χ2n) is 9.82. The van der Waals surface area contributed by atoms with Crippen LogP contribution in [-0.4, -0.2) is 49.0 Å². The van der Waals surface area contributed by atoms with Crippen LogP contribution in [-0.2, 0) is 24.4 Å². The number of carbonyl (C=O) groups is 1. The minimum Gasteiger partial charge on any atom is -0.493 e. The standard InChI is InChI=1S/C32H40N2O3/c1-36-31-24-29(18-19-30(31)37-26-28-14-7-3-8-15-28)25-34(23-22-33-20-9-4-10-21-33)32(35)17-11-16-27-12-5-2-6-13-27/h2-3,5-8,12-15,18-19,24H,4,9-11,16-17,20-23,25-26H2,1H3. The van der Waals surface area contributed by atoms with Gasteiger partial charge in [0.1, 0.15) is 6.61 Å². The Balaban J connectivity index is 1.38. The number of amides is 1. The number of likely N-dealkylation sites (tertiary alicyclic amines) is 1. The molecule has 4 rings (SSSR count). The minimum absolute atomic E-state index is 0.219. The molecule has 0 N–H and O–H groups in total. The number of carbonyl (C=O) groups excluding carboxylic acids is 1. The summed E-state index contributed by atoms with van der Waals surface area (Å²) in [6.45, 7) is 5.01. The number of rotatable bonds is 13. The third-order valence-corrected chi connectivity index (χ3v) is 7.03. The first-order valence-corrected chi connectivity index (χ1v) is 13.6. The second-order valence-corrected chi connectivity index (χ2v) is 9.82. The maximum Gasteiger partial charge on any atom is 0.222 e. The first-order valence-electron chi connectivity index (χ1n) is 13.6. The van der Waals surface area contributed by atoms with Crippen molar-refractivity contribution in [2.75, 3.05) is 33.3 Å². The van der Waals surface area contributed by atoms with Crippen LogP contribution in [0.2, 0.25) is 0 Å². The number of hydrogen-bond acceptors (Lipinski definition) is 4. The van der Waals surface area contributed by atoms with E-state index in [9.17, 15) is 4.79 Å². The van der Waals surface area contributed by atoms with Crippen molar-refractivity contribution in [1.82, 2.24) is 9.80 Å². The van der Waals surface area contributed by atoms with Gasteiger partial charge in [-0.1, -0.05) is 73.2 Å². The smallest absolute Gasteiger partial charge is 0.222 e. The molecule has 1 heterocycles. The average molecular weight is 501 g/mol. The van der Waals surface area contributed by atoms with Crippen LogP contribution in [0.15, 0.2) is 78.9 Å². The summed E-state index contributed by atoms with van der Waals surface area (Å²) in [4.78, 5) is 17.9. The molecule has 1 aliphatic heterocycles. The Labute approximate surface area is 222 Å². The first kappa shape index (κ1) is 26.7. The van der Waals surface area contributed by atoms with E-state index < -0.39 is 0 Å². The summed E-state index contributed by atoms with van der Waals surface area (Å²) in [5, 5.41) is 0. The number of piperidine rings is 1. The summed E-state index contributed by atoms with van der Waals surface area (Å²) in [6.07, 6.45) is 6.17. The summed E-state index contributed by atoms with van der Waals surface area (Å²) in [5.41, 5.74) is 3.45. The molecule has 3 aromatic carbocycles. The van der Waals surface area contributed by atoms with Gasteiger partial charge in [0.15, 0.2) is 11.5 Å². The van der Waals surface area contributed by atoms with Crippen molar-refractivity contribution in [1.29, 1.82) is 0 Å². The highest BCUT2D eigenvalue weighted by Gasteiger charge is 2.18. The van der Waals surface area contributed by atoms with E-state index in [2.05, 4.69) is 29.2 Å². The monoisotopic (exact) mass is 500 g/mol. The zero-order valence-electron chi connectivity index (χ0n) is 22.1.